The van der Waals surface area contributed by atoms with Gasteiger partial charge in [0.25, 0.3) is 0 Å². The van der Waals surface area contributed by atoms with E-state index in [1.54, 1.807) is 31.2 Å². The maximum Gasteiger partial charge on any atom is 0.416 e. The van der Waals surface area contributed by atoms with Crippen molar-refractivity contribution in [1.82, 2.24) is 0 Å². The van der Waals surface area contributed by atoms with Crippen molar-refractivity contribution in [3.05, 3.63) is 70.8 Å². The lowest BCUT2D eigenvalue weighted by Crippen LogP contribution is -2.07. The molecule has 0 saturated carbocycles. The van der Waals surface area contributed by atoms with E-state index in [-0.39, 0.29) is 13.0 Å². The number of rotatable bonds is 6. The highest BCUT2D eigenvalue weighted by Crippen LogP contribution is 2.29. The maximum absolute atomic E-state index is 12.7. The first-order valence-corrected chi connectivity index (χ1v) is 7.74. The first-order valence-electron chi connectivity index (χ1n) is 7.36. The van der Waals surface area contributed by atoms with E-state index in [1.807, 2.05) is 0 Å². The van der Waals surface area contributed by atoms with Gasteiger partial charge < -0.3 is 4.84 Å². The number of benzene rings is 2. The van der Waals surface area contributed by atoms with Crippen molar-refractivity contribution < 1.29 is 22.8 Å². The van der Waals surface area contributed by atoms with Gasteiger partial charge in [-0.2, -0.15) is 13.2 Å². The first-order chi connectivity index (χ1) is 11.8. The topological polar surface area (TPSA) is 38.7 Å². The van der Waals surface area contributed by atoms with Gasteiger partial charge in [0, 0.05) is 6.42 Å². The Balaban J connectivity index is 2.09. The fourth-order valence-corrected chi connectivity index (χ4v) is 2.34. The summed E-state index contributed by atoms with van der Waals surface area (Å²) in [5, 5.41) is 3.37. The molecular weight excluding hydrogens is 355 g/mol. The quantitative estimate of drug-likeness (QED) is 0.410. The van der Waals surface area contributed by atoms with Gasteiger partial charge in [0.15, 0.2) is 0 Å². The largest absolute Gasteiger partial charge is 0.416 e. The Hall–Kier alpha value is -2.34. The number of carbonyl (C=O) groups excluding carboxylic acids is 1. The molecule has 0 radical (unpaired) electrons. The smallest absolute Gasteiger partial charge is 0.391 e. The van der Waals surface area contributed by atoms with Gasteiger partial charge in [-0.05, 0) is 47.3 Å². The second kappa shape index (κ2) is 8.16. The van der Waals surface area contributed by atoms with E-state index < -0.39 is 17.0 Å². The van der Waals surface area contributed by atoms with E-state index >= 15 is 0 Å². The lowest BCUT2D eigenvalue weighted by atomic mass is 10.1. The average molecular weight is 370 g/mol. The van der Waals surface area contributed by atoms with Crippen molar-refractivity contribution in [2.24, 2.45) is 5.16 Å². The zero-order valence-electron chi connectivity index (χ0n) is 13.3. The van der Waals surface area contributed by atoms with Gasteiger partial charge in [0.05, 0.1) is 11.3 Å². The van der Waals surface area contributed by atoms with Crippen molar-refractivity contribution >= 4 is 22.6 Å². The predicted octanol–water partition coefficient (Wildman–Crippen LogP) is 4.95. The lowest BCUT2D eigenvalue weighted by molar-refractivity contribution is -0.137. The van der Waals surface area contributed by atoms with Gasteiger partial charge in [0.1, 0.15) is 6.61 Å². The summed E-state index contributed by atoms with van der Waals surface area (Å²) in [6.07, 6.45) is -4.35. The fraction of sp³-hybridized carbons (Fsp3) is 0.222. The minimum absolute atomic E-state index is 0.0669. The van der Waals surface area contributed by atoms with Crippen LogP contribution in [0.1, 0.15) is 29.2 Å². The molecule has 0 saturated heterocycles. The molecule has 3 nitrogen and oxygen atoms in total. The van der Waals surface area contributed by atoms with E-state index in [0.29, 0.717) is 11.3 Å². The number of hydrogen-bond acceptors (Lipinski definition) is 3. The Bertz CT molecular complexity index is 788. The number of nitrogens with zero attached hydrogens (tertiary/aromatic N) is 1. The average Bonchev–Trinajstić information content (AvgIpc) is 2.55. The number of halogens is 4. The molecule has 0 aliphatic rings. The Morgan fingerprint density at radius 2 is 1.80 bits per heavy atom. The van der Waals surface area contributed by atoms with E-state index in [0.717, 1.165) is 23.3 Å². The van der Waals surface area contributed by atoms with Crippen LogP contribution in [-0.4, -0.2) is 11.0 Å². The van der Waals surface area contributed by atoms with Gasteiger partial charge in [-0.15, -0.1) is 0 Å². The van der Waals surface area contributed by atoms with Crippen LogP contribution < -0.4 is 0 Å². The highest BCUT2D eigenvalue weighted by molar-refractivity contribution is 6.63. The third-order valence-corrected chi connectivity index (χ3v) is 3.61. The van der Waals surface area contributed by atoms with Crippen LogP contribution in [0, 0.1) is 0 Å². The van der Waals surface area contributed by atoms with Crippen LogP contribution in [0.25, 0.3) is 0 Å². The Labute approximate surface area is 148 Å². The van der Waals surface area contributed by atoms with Gasteiger partial charge in [-0.3, -0.25) is 4.79 Å². The van der Waals surface area contributed by atoms with Crippen LogP contribution in [0.15, 0.2) is 53.7 Å². The van der Waals surface area contributed by atoms with Gasteiger partial charge in [-0.25, -0.2) is 0 Å². The van der Waals surface area contributed by atoms with Crippen molar-refractivity contribution in [3.8, 4) is 0 Å². The summed E-state index contributed by atoms with van der Waals surface area (Å²) < 4.78 is 38.2. The minimum Gasteiger partial charge on any atom is -0.391 e. The molecule has 0 spiro atoms. The Kier molecular flexibility index (Phi) is 6.20. The molecule has 0 amide bonds. The normalized spacial score (nSPS) is 12.1. The summed E-state index contributed by atoms with van der Waals surface area (Å²) >= 11 is 5.40. The molecule has 25 heavy (non-hydrogen) atoms. The molecule has 2 aromatic carbocycles. The van der Waals surface area contributed by atoms with E-state index in [9.17, 15) is 18.0 Å². The van der Waals surface area contributed by atoms with Crippen LogP contribution in [0.3, 0.4) is 0 Å². The fourth-order valence-electron chi connectivity index (χ4n) is 2.19. The van der Waals surface area contributed by atoms with E-state index in [1.165, 1.54) is 12.1 Å². The molecule has 2 aromatic rings. The summed E-state index contributed by atoms with van der Waals surface area (Å²) in [5.74, 6) is 0. The molecule has 2 rings (SSSR count). The van der Waals surface area contributed by atoms with Crippen LogP contribution in [-0.2, 0) is 28.8 Å². The minimum atomic E-state index is -4.41. The second-order valence-corrected chi connectivity index (χ2v) is 5.75. The molecule has 132 valence electrons. The molecule has 0 unspecified atom stereocenters. The van der Waals surface area contributed by atoms with Crippen molar-refractivity contribution in [2.45, 2.75) is 26.1 Å². The van der Waals surface area contributed by atoms with Crippen LogP contribution in [0.5, 0.6) is 0 Å². The molecule has 0 fully saturated rings. The molecule has 0 heterocycles. The van der Waals surface area contributed by atoms with Crippen LogP contribution in [0.4, 0.5) is 13.2 Å². The van der Waals surface area contributed by atoms with Gasteiger partial charge in [0.2, 0.25) is 5.24 Å². The molecule has 7 heteroatoms. The third-order valence-electron chi connectivity index (χ3n) is 3.48. The first kappa shape index (κ1) is 19.0. The third kappa shape index (κ3) is 5.60. The molecule has 0 aliphatic heterocycles. The van der Waals surface area contributed by atoms with Crippen molar-refractivity contribution in [3.63, 3.8) is 0 Å². The molecule has 0 N–H and O–H groups in total. The summed E-state index contributed by atoms with van der Waals surface area (Å²) in [5.41, 5.74) is 1.34. The van der Waals surface area contributed by atoms with Crippen molar-refractivity contribution in [1.29, 1.82) is 0 Å². The zero-order chi connectivity index (χ0) is 18.4. The number of carbonyl (C=O) groups is 1. The predicted molar refractivity (Wildman–Crippen MR) is 89.5 cm³/mol. The highest BCUT2D eigenvalue weighted by atomic mass is 35.5. The SMILES string of the molecule is CC(=NOCc1ccccc1CC(=O)Cl)c1cccc(C(F)(F)F)c1. The second-order valence-electron chi connectivity index (χ2n) is 5.33. The number of oxime groups is 1. The van der Waals surface area contributed by atoms with Crippen LogP contribution >= 0.6 is 11.6 Å². The van der Waals surface area contributed by atoms with Gasteiger partial charge in [-0.1, -0.05) is 41.6 Å². The Morgan fingerprint density at radius 1 is 1.12 bits per heavy atom. The van der Waals surface area contributed by atoms with E-state index in [2.05, 4.69) is 5.16 Å². The standard InChI is InChI=1S/C18H15ClF3NO2/c1-12(13-7-4-8-16(9-13)18(20,21)22)23-25-11-15-6-3-2-5-14(15)10-17(19)24/h2-9H,10-11H2,1H3. The highest BCUT2D eigenvalue weighted by Gasteiger charge is 2.30. The molecule has 0 atom stereocenters. The van der Waals surface area contributed by atoms with E-state index in [4.69, 9.17) is 16.4 Å². The molecule has 0 aliphatic carbocycles. The Morgan fingerprint density at radius 3 is 2.44 bits per heavy atom. The van der Waals surface area contributed by atoms with Crippen molar-refractivity contribution in [2.75, 3.05) is 0 Å². The summed E-state index contributed by atoms with van der Waals surface area (Å²) in [4.78, 5) is 16.3. The molecule has 0 aromatic heterocycles. The van der Waals surface area contributed by atoms with Gasteiger partial charge >= 0.3 is 6.18 Å². The monoisotopic (exact) mass is 369 g/mol. The zero-order valence-corrected chi connectivity index (χ0v) is 14.1. The summed E-state index contributed by atoms with van der Waals surface area (Å²) in [6, 6.07) is 11.9. The van der Waals surface area contributed by atoms with Crippen LogP contribution in [0.2, 0.25) is 0 Å². The molecular formula is C18H15ClF3NO2. The summed E-state index contributed by atoms with van der Waals surface area (Å²) in [6.45, 7) is 1.64. The number of hydrogen-bond donors (Lipinski definition) is 0. The number of alkyl halides is 3. The maximum atomic E-state index is 12.7. The lowest BCUT2D eigenvalue weighted by Gasteiger charge is -2.09. The summed E-state index contributed by atoms with van der Waals surface area (Å²) in [7, 11) is 0. The molecule has 0 bridgehead atoms.